The zero-order valence-electron chi connectivity index (χ0n) is 14.9. The molecule has 1 aromatic carbocycles. The van der Waals surface area contributed by atoms with Crippen molar-refractivity contribution < 1.29 is 18.7 Å². The second kappa shape index (κ2) is 8.43. The average Bonchev–Trinajstić information content (AvgIpc) is 2.68. The standard InChI is InChI=1S/C18H20FN5O3/c1-2-27-18(26)24-8-6-23(7-9-24)17-20-11-13(12-21-17)16(25)22-15-5-3-4-14(19)10-15/h3-5,10-12H,2,6-9H2,1H3,(H,22,25). The predicted molar refractivity (Wildman–Crippen MR) is 97.2 cm³/mol. The number of nitrogens with zero attached hydrogens (tertiary/aromatic N) is 4. The van der Waals surface area contributed by atoms with Gasteiger partial charge in [0.1, 0.15) is 5.82 Å². The van der Waals surface area contributed by atoms with E-state index in [4.69, 9.17) is 4.74 Å². The Morgan fingerprint density at radius 2 is 1.89 bits per heavy atom. The highest BCUT2D eigenvalue weighted by Gasteiger charge is 2.23. The van der Waals surface area contributed by atoms with E-state index in [9.17, 15) is 14.0 Å². The van der Waals surface area contributed by atoms with Crippen LogP contribution in [0.5, 0.6) is 0 Å². The molecule has 0 atom stereocenters. The van der Waals surface area contributed by atoms with Crippen molar-refractivity contribution >= 4 is 23.6 Å². The van der Waals surface area contributed by atoms with Crippen molar-refractivity contribution in [3.05, 3.63) is 48.0 Å². The molecule has 1 aromatic heterocycles. The van der Waals surface area contributed by atoms with Crippen LogP contribution in [0.15, 0.2) is 36.7 Å². The van der Waals surface area contributed by atoms with Crippen LogP contribution in [0.2, 0.25) is 0 Å². The minimum Gasteiger partial charge on any atom is -0.450 e. The summed E-state index contributed by atoms with van der Waals surface area (Å²) >= 11 is 0. The Bertz CT molecular complexity index is 807. The third-order valence-corrected chi connectivity index (χ3v) is 4.07. The van der Waals surface area contributed by atoms with Gasteiger partial charge in [-0.15, -0.1) is 0 Å². The molecule has 2 aromatic rings. The van der Waals surface area contributed by atoms with E-state index in [2.05, 4.69) is 15.3 Å². The molecule has 9 heteroatoms. The third-order valence-electron chi connectivity index (χ3n) is 4.07. The molecule has 2 heterocycles. The van der Waals surface area contributed by atoms with Gasteiger partial charge in [0.05, 0.1) is 12.2 Å². The van der Waals surface area contributed by atoms with Crippen LogP contribution in [0.4, 0.5) is 20.8 Å². The summed E-state index contributed by atoms with van der Waals surface area (Å²) in [7, 11) is 0. The van der Waals surface area contributed by atoms with Crippen LogP contribution in [-0.4, -0.2) is 59.7 Å². The van der Waals surface area contributed by atoms with E-state index in [0.717, 1.165) is 0 Å². The first-order chi connectivity index (χ1) is 13.1. The lowest BCUT2D eigenvalue weighted by atomic mass is 10.2. The van der Waals surface area contributed by atoms with Crippen molar-refractivity contribution in [2.24, 2.45) is 0 Å². The van der Waals surface area contributed by atoms with E-state index >= 15 is 0 Å². The van der Waals surface area contributed by atoms with Crippen molar-refractivity contribution in [2.45, 2.75) is 6.92 Å². The number of anilines is 2. The van der Waals surface area contributed by atoms with Crippen molar-refractivity contribution in [2.75, 3.05) is 43.0 Å². The number of aromatic nitrogens is 2. The number of nitrogens with one attached hydrogen (secondary N) is 1. The summed E-state index contributed by atoms with van der Waals surface area (Å²) in [5.41, 5.74) is 0.632. The lowest BCUT2D eigenvalue weighted by molar-refractivity contribution is 0.102. The normalized spacial score (nSPS) is 14.0. The van der Waals surface area contributed by atoms with Gasteiger partial charge in [0.2, 0.25) is 5.95 Å². The van der Waals surface area contributed by atoms with E-state index in [0.29, 0.717) is 44.4 Å². The summed E-state index contributed by atoms with van der Waals surface area (Å²) in [4.78, 5) is 36.0. The molecule has 1 fully saturated rings. The second-order valence-corrected chi connectivity index (χ2v) is 5.91. The summed E-state index contributed by atoms with van der Waals surface area (Å²) in [5.74, 6) is -0.360. The highest BCUT2D eigenvalue weighted by Crippen LogP contribution is 2.14. The van der Waals surface area contributed by atoms with Crippen LogP contribution in [0.3, 0.4) is 0 Å². The SMILES string of the molecule is CCOC(=O)N1CCN(c2ncc(C(=O)Nc3cccc(F)c3)cn2)CC1. The van der Waals surface area contributed by atoms with Crippen LogP contribution in [0.25, 0.3) is 0 Å². The summed E-state index contributed by atoms with van der Waals surface area (Å²) in [6.07, 6.45) is 2.53. The molecule has 0 aliphatic carbocycles. The summed E-state index contributed by atoms with van der Waals surface area (Å²) in [5, 5.41) is 2.60. The van der Waals surface area contributed by atoms with Gasteiger partial charge in [-0.05, 0) is 25.1 Å². The number of benzene rings is 1. The highest BCUT2D eigenvalue weighted by molar-refractivity contribution is 6.03. The van der Waals surface area contributed by atoms with Crippen LogP contribution in [0.1, 0.15) is 17.3 Å². The Hall–Kier alpha value is -3.23. The topological polar surface area (TPSA) is 87.7 Å². The van der Waals surface area contributed by atoms with Crippen LogP contribution < -0.4 is 10.2 Å². The molecule has 3 rings (SSSR count). The van der Waals surface area contributed by atoms with E-state index in [1.165, 1.54) is 30.6 Å². The molecule has 27 heavy (non-hydrogen) atoms. The second-order valence-electron chi connectivity index (χ2n) is 5.91. The van der Waals surface area contributed by atoms with Crippen molar-refractivity contribution in [3.63, 3.8) is 0 Å². The average molecular weight is 373 g/mol. The molecule has 0 unspecified atom stereocenters. The summed E-state index contributed by atoms with van der Waals surface area (Å²) in [6.45, 7) is 4.31. The lowest BCUT2D eigenvalue weighted by Gasteiger charge is -2.33. The first-order valence-electron chi connectivity index (χ1n) is 8.62. The van der Waals surface area contributed by atoms with Crippen LogP contribution >= 0.6 is 0 Å². The minimum absolute atomic E-state index is 0.271. The molecular formula is C18H20FN5O3. The highest BCUT2D eigenvalue weighted by atomic mass is 19.1. The van der Waals surface area contributed by atoms with E-state index in [1.807, 2.05) is 4.90 Å². The molecule has 0 radical (unpaired) electrons. The van der Waals surface area contributed by atoms with Gasteiger partial charge in [-0.25, -0.2) is 19.2 Å². The van der Waals surface area contributed by atoms with Gasteiger partial charge in [-0.2, -0.15) is 0 Å². The Kier molecular flexibility index (Phi) is 5.80. The largest absolute Gasteiger partial charge is 0.450 e. The number of ether oxygens (including phenoxy) is 1. The number of halogens is 1. The maximum Gasteiger partial charge on any atom is 0.409 e. The Labute approximate surface area is 156 Å². The van der Waals surface area contributed by atoms with Gasteiger partial charge >= 0.3 is 6.09 Å². The van der Waals surface area contributed by atoms with Gasteiger partial charge in [0.15, 0.2) is 0 Å². The maximum absolute atomic E-state index is 13.2. The summed E-state index contributed by atoms with van der Waals surface area (Å²) < 4.78 is 18.2. The lowest BCUT2D eigenvalue weighted by Crippen LogP contribution is -2.49. The number of amides is 2. The van der Waals surface area contributed by atoms with Crippen LogP contribution in [-0.2, 0) is 4.74 Å². The van der Waals surface area contributed by atoms with Crippen LogP contribution in [0, 0.1) is 5.82 Å². The monoisotopic (exact) mass is 373 g/mol. The van der Waals surface area contributed by atoms with E-state index in [-0.39, 0.29) is 11.7 Å². The third kappa shape index (κ3) is 4.69. The van der Waals surface area contributed by atoms with Gasteiger partial charge < -0.3 is 19.9 Å². The smallest absolute Gasteiger partial charge is 0.409 e. The molecule has 2 amide bonds. The Morgan fingerprint density at radius 3 is 2.52 bits per heavy atom. The molecule has 1 aliphatic rings. The molecule has 1 N–H and O–H groups in total. The fraction of sp³-hybridized carbons (Fsp3) is 0.333. The number of rotatable bonds is 4. The number of carbonyl (C=O) groups excluding carboxylic acids is 2. The predicted octanol–water partition coefficient (Wildman–Crippen LogP) is 2.15. The van der Waals surface area contributed by atoms with Gasteiger partial charge in [-0.3, -0.25) is 4.79 Å². The number of piperazine rings is 1. The van der Waals surface area contributed by atoms with Crippen molar-refractivity contribution in [1.29, 1.82) is 0 Å². The quantitative estimate of drug-likeness (QED) is 0.884. The summed E-state index contributed by atoms with van der Waals surface area (Å²) in [6, 6.07) is 5.64. The molecule has 0 spiro atoms. The van der Waals surface area contributed by atoms with Crippen molar-refractivity contribution in [3.8, 4) is 0 Å². The Balaban J connectivity index is 1.57. The number of hydrogen-bond donors (Lipinski definition) is 1. The molecule has 0 saturated carbocycles. The van der Waals surface area contributed by atoms with Gasteiger partial charge in [0, 0.05) is 44.3 Å². The molecule has 8 nitrogen and oxygen atoms in total. The molecular weight excluding hydrogens is 353 g/mol. The van der Waals surface area contributed by atoms with Crippen molar-refractivity contribution in [1.82, 2.24) is 14.9 Å². The van der Waals surface area contributed by atoms with Gasteiger partial charge in [0.25, 0.3) is 5.91 Å². The number of carbonyl (C=O) groups is 2. The zero-order chi connectivity index (χ0) is 19.2. The maximum atomic E-state index is 13.2. The van der Waals surface area contributed by atoms with Gasteiger partial charge in [-0.1, -0.05) is 6.07 Å². The molecule has 1 saturated heterocycles. The minimum atomic E-state index is -0.429. The number of hydrogen-bond acceptors (Lipinski definition) is 6. The fourth-order valence-corrected chi connectivity index (χ4v) is 2.68. The zero-order valence-corrected chi connectivity index (χ0v) is 14.9. The molecule has 142 valence electrons. The first kappa shape index (κ1) is 18.6. The first-order valence-corrected chi connectivity index (χ1v) is 8.62. The fourth-order valence-electron chi connectivity index (χ4n) is 2.68. The van der Waals surface area contributed by atoms with E-state index in [1.54, 1.807) is 17.9 Å². The van der Waals surface area contributed by atoms with E-state index < -0.39 is 11.7 Å². The molecule has 0 bridgehead atoms. The Morgan fingerprint density at radius 1 is 1.19 bits per heavy atom. The molecule has 1 aliphatic heterocycles.